The van der Waals surface area contributed by atoms with Crippen LogP contribution in [0.5, 0.6) is 5.75 Å². The Hall–Kier alpha value is -1.55. The molecule has 4 nitrogen and oxygen atoms in total. The molecule has 2 atom stereocenters. The molecule has 2 heterocycles. The molecule has 1 fully saturated rings. The van der Waals surface area contributed by atoms with Gasteiger partial charge < -0.3 is 9.84 Å². The molecule has 1 aromatic rings. The number of piperidine rings is 1. The average molecular weight is 275 g/mol. The fourth-order valence-electron chi connectivity index (χ4n) is 3.70. The molecule has 0 aliphatic carbocycles. The van der Waals surface area contributed by atoms with Crippen LogP contribution in [0.2, 0.25) is 0 Å². The highest BCUT2D eigenvalue weighted by Crippen LogP contribution is 2.45. The van der Waals surface area contributed by atoms with E-state index < -0.39 is 11.5 Å². The van der Waals surface area contributed by atoms with Crippen molar-refractivity contribution in [1.29, 1.82) is 0 Å². The van der Waals surface area contributed by atoms with Crippen LogP contribution in [0.25, 0.3) is 0 Å². The molecule has 0 bridgehead atoms. The lowest BCUT2D eigenvalue weighted by Gasteiger charge is -2.49. The van der Waals surface area contributed by atoms with Crippen molar-refractivity contribution >= 4 is 5.97 Å². The summed E-state index contributed by atoms with van der Waals surface area (Å²) in [4.78, 5) is 14.4. The van der Waals surface area contributed by atoms with Crippen molar-refractivity contribution in [3.05, 3.63) is 29.8 Å². The summed E-state index contributed by atoms with van der Waals surface area (Å²) in [5.41, 5.74) is -0.122. The summed E-state index contributed by atoms with van der Waals surface area (Å²) in [5.74, 6) is -0.0887. The number of carboxylic acid groups (broad SMARTS) is 1. The van der Waals surface area contributed by atoms with Gasteiger partial charge in [-0.3, -0.25) is 4.90 Å². The van der Waals surface area contributed by atoms with E-state index in [1.54, 1.807) is 0 Å². The predicted octanol–water partition coefficient (Wildman–Crippen LogP) is 2.48. The number of carboxylic acids is 1. The Labute approximate surface area is 119 Å². The number of likely N-dealkylation sites (tertiary alicyclic amines) is 1. The maximum Gasteiger partial charge on any atom is 0.329 e. The molecule has 2 aliphatic rings. The highest BCUT2D eigenvalue weighted by atomic mass is 16.5. The van der Waals surface area contributed by atoms with E-state index >= 15 is 0 Å². The molecule has 0 spiro atoms. The lowest BCUT2D eigenvalue weighted by Crippen LogP contribution is -2.60. The van der Waals surface area contributed by atoms with E-state index in [0.717, 1.165) is 37.2 Å². The zero-order chi connectivity index (χ0) is 14.2. The van der Waals surface area contributed by atoms with Crippen molar-refractivity contribution in [2.45, 2.75) is 31.7 Å². The Morgan fingerprint density at radius 2 is 2.00 bits per heavy atom. The van der Waals surface area contributed by atoms with E-state index in [1.165, 1.54) is 6.42 Å². The van der Waals surface area contributed by atoms with Gasteiger partial charge in [-0.25, -0.2) is 4.79 Å². The first-order chi connectivity index (χ1) is 9.67. The minimum absolute atomic E-state index is 0.0620. The normalized spacial score (nSPS) is 30.4. The zero-order valence-electron chi connectivity index (χ0n) is 11.8. The van der Waals surface area contributed by atoms with Crippen LogP contribution in [0, 0.1) is 5.92 Å². The largest absolute Gasteiger partial charge is 0.493 e. The second-order valence-electron chi connectivity index (χ2n) is 5.83. The van der Waals surface area contributed by atoms with Crippen LogP contribution in [0.3, 0.4) is 0 Å². The number of para-hydroxylation sites is 1. The second kappa shape index (κ2) is 5.09. The number of carbonyl (C=O) groups is 1. The zero-order valence-corrected chi connectivity index (χ0v) is 11.8. The first-order valence-corrected chi connectivity index (χ1v) is 7.38. The van der Waals surface area contributed by atoms with Crippen LogP contribution in [0.4, 0.5) is 0 Å². The van der Waals surface area contributed by atoms with Crippen LogP contribution in [0.1, 0.15) is 31.7 Å². The molecule has 2 aliphatic heterocycles. The molecule has 1 aromatic carbocycles. The third kappa shape index (κ3) is 1.82. The lowest BCUT2D eigenvalue weighted by molar-refractivity contribution is -0.161. The van der Waals surface area contributed by atoms with Gasteiger partial charge in [0.2, 0.25) is 0 Å². The quantitative estimate of drug-likeness (QED) is 0.901. The van der Waals surface area contributed by atoms with E-state index in [2.05, 4.69) is 4.90 Å². The number of hydrogen-bond donors (Lipinski definition) is 1. The highest BCUT2D eigenvalue weighted by Gasteiger charge is 2.54. The van der Waals surface area contributed by atoms with E-state index in [9.17, 15) is 9.90 Å². The topological polar surface area (TPSA) is 49.8 Å². The molecule has 0 aromatic heterocycles. The van der Waals surface area contributed by atoms with Gasteiger partial charge >= 0.3 is 5.97 Å². The third-order valence-corrected chi connectivity index (χ3v) is 4.68. The highest BCUT2D eigenvalue weighted by molar-refractivity contribution is 5.83. The number of rotatable bonds is 2. The number of hydrogen-bond acceptors (Lipinski definition) is 3. The molecule has 3 rings (SSSR count). The summed E-state index contributed by atoms with van der Waals surface area (Å²) in [5, 5.41) is 10.1. The Morgan fingerprint density at radius 1 is 1.30 bits per heavy atom. The standard InChI is InChI=1S/C16H21NO3/c1-12-11-20-14-8-4-3-7-13(14)16(12,15(18)19)17-9-5-2-6-10-17/h3-4,7-8,12H,2,5-6,9-11H2,1H3,(H,18,19). The smallest absolute Gasteiger partial charge is 0.329 e. The minimum atomic E-state index is -0.935. The summed E-state index contributed by atoms with van der Waals surface area (Å²) in [6.45, 7) is 4.15. The molecule has 2 unspecified atom stereocenters. The molecule has 1 N–H and O–H groups in total. The van der Waals surface area contributed by atoms with E-state index in [0.29, 0.717) is 6.61 Å². The summed E-state index contributed by atoms with van der Waals surface area (Å²) >= 11 is 0. The molecule has 1 saturated heterocycles. The van der Waals surface area contributed by atoms with Crippen molar-refractivity contribution in [2.24, 2.45) is 5.92 Å². The van der Waals surface area contributed by atoms with Gasteiger partial charge in [-0.1, -0.05) is 31.5 Å². The fraction of sp³-hybridized carbons (Fsp3) is 0.562. The van der Waals surface area contributed by atoms with Crippen LogP contribution in [-0.4, -0.2) is 35.7 Å². The first-order valence-electron chi connectivity index (χ1n) is 7.38. The molecule has 0 radical (unpaired) electrons. The van der Waals surface area contributed by atoms with Gasteiger partial charge in [-0.15, -0.1) is 0 Å². The maximum atomic E-state index is 12.3. The first kappa shape index (κ1) is 13.4. The van der Waals surface area contributed by atoms with Crippen molar-refractivity contribution in [3.63, 3.8) is 0 Å². The number of fused-ring (bicyclic) bond motifs is 1. The number of ether oxygens (including phenoxy) is 1. The van der Waals surface area contributed by atoms with Gasteiger partial charge in [0.05, 0.1) is 6.61 Å². The van der Waals surface area contributed by atoms with Crippen molar-refractivity contribution < 1.29 is 14.6 Å². The van der Waals surface area contributed by atoms with Gasteiger partial charge in [-0.2, -0.15) is 0 Å². The Kier molecular flexibility index (Phi) is 3.42. The number of aliphatic carboxylic acids is 1. The molecule has 0 saturated carbocycles. The summed E-state index contributed by atoms with van der Waals surface area (Å²) in [7, 11) is 0. The Bertz CT molecular complexity index is 510. The van der Waals surface area contributed by atoms with Crippen molar-refractivity contribution in [1.82, 2.24) is 4.90 Å². The third-order valence-electron chi connectivity index (χ3n) is 4.68. The van der Waals surface area contributed by atoms with Gasteiger partial charge in [0, 0.05) is 11.5 Å². The SMILES string of the molecule is CC1COc2ccccc2C1(C(=O)O)N1CCCCC1. The van der Waals surface area contributed by atoms with Crippen LogP contribution < -0.4 is 4.74 Å². The maximum absolute atomic E-state index is 12.3. The number of nitrogens with zero attached hydrogens (tertiary/aromatic N) is 1. The van der Waals surface area contributed by atoms with Crippen LogP contribution in [-0.2, 0) is 10.3 Å². The predicted molar refractivity (Wildman–Crippen MR) is 75.8 cm³/mol. The van der Waals surface area contributed by atoms with Gasteiger partial charge in [0.15, 0.2) is 5.54 Å². The lowest BCUT2D eigenvalue weighted by atomic mass is 9.75. The van der Waals surface area contributed by atoms with Gasteiger partial charge in [-0.05, 0) is 32.0 Å². The van der Waals surface area contributed by atoms with Crippen LogP contribution in [0.15, 0.2) is 24.3 Å². The molecule has 0 amide bonds. The van der Waals surface area contributed by atoms with Gasteiger partial charge in [0.1, 0.15) is 5.75 Å². The van der Waals surface area contributed by atoms with E-state index in [-0.39, 0.29) is 5.92 Å². The second-order valence-corrected chi connectivity index (χ2v) is 5.83. The summed E-state index contributed by atoms with van der Waals surface area (Å²) < 4.78 is 5.74. The Balaban J connectivity index is 2.15. The van der Waals surface area contributed by atoms with E-state index in [4.69, 9.17) is 4.74 Å². The van der Waals surface area contributed by atoms with E-state index in [1.807, 2.05) is 31.2 Å². The number of benzene rings is 1. The summed E-state index contributed by atoms with van der Waals surface area (Å²) in [6.07, 6.45) is 3.34. The molecule has 20 heavy (non-hydrogen) atoms. The summed E-state index contributed by atoms with van der Waals surface area (Å²) in [6, 6.07) is 7.59. The van der Waals surface area contributed by atoms with Crippen LogP contribution >= 0.6 is 0 Å². The van der Waals surface area contributed by atoms with Crippen molar-refractivity contribution in [3.8, 4) is 5.75 Å². The molecular formula is C16H21NO3. The molecule has 4 heteroatoms. The monoisotopic (exact) mass is 275 g/mol. The Morgan fingerprint density at radius 3 is 2.70 bits per heavy atom. The fourth-order valence-corrected chi connectivity index (χ4v) is 3.70. The molecular weight excluding hydrogens is 254 g/mol. The van der Waals surface area contributed by atoms with Gasteiger partial charge in [0.25, 0.3) is 0 Å². The minimum Gasteiger partial charge on any atom is -0.493 e. The van der Waals surface area contributed by atoms with Crippen molar-refractivity contribution in [2.75, 3.05) is 19.7 Å². The average Bonchev–Trinajstić information content (AvgIpc) is 2.48. The molecule has 108 valence electrons.